The summed E-state index contributed by atoms with van der Waals surface area (Å²) >= 11 is 0. The van der Waals surface area contributed by atoms with Gasteiger partial charge in [-0.25, -0.2) is 19.0 Å². The highest BCUT2D eigenvalue weighted by Gasteiger charge is 2.20. The lowest BCUT2D eigenvalue weighted by atomic mass is 10.1. The minimum absolute atomic E-state index is 0.187. The van der Waals surface area contributed by atoms with E-state index in [9.17, 15) is 9.18 Å². The number of allylic oxidation sites excluding steroid dienone is 4. The van der Waals surface area contributed by atoms with E-state index in [4.69, 9.17) is 10.8 Å². The number of hydrogen-bond donors (Lipinski definition) is 2. The van der Waals surface area contributed by atoms with Crippen molar-refractivity contribution in [1.29, 1.82) is 0 Å². The number of nitrogens with zero attached hydrogens (tertiary/aromatic N) is 6. The first kappa shape index (κ1) is 22.2. The van der Waals surface area contributed by atoms with Gasteiger partial charge in [-0.15, -0.1) is 0 Å². The Morgan fingerprint density at radius 2 is 2.09 bits per heavy atom. The minimum Gasteiger partial charge on any atom is -0.383 e. The number of aromatic amines is 1. The number of aryl methyl sites for hydroxylation is 1. The molecule has 10 heteroatoms. The zero-order valence-electron chi connectivity index (χ0n) is 19.5. The first-order valence-electron chi connectivity index (χ1n) is 11.0. The molecule has 0 saturated carbocycles. The van der Waals surface area contributed by atoms with E-state index in [1.165, 1.54) is 23.0 Å². The molecule has 5 aromatic rings. The summed E-state index contributed by atoms with van der Waals surface area (Å²) in [6.07, 6.45) is 7.41. The maximum absolute atomic E-state index is 14.2. The molecular formula is C25H23FN8O. The van der Waals surface area contributed by atoms with Crippen molar-refractivity contribution < 1.29 is 4.39 Å². The molecule has 0 spiro atoms. The zero-order valence-corrected chi connectivity index (χ0v) is 19.5. The third-order valence-electron chi connectivity index (χ3n) is 5.95. The lowest BCUT2D eigenvalue weighted by Gasteiger charge is -2.16. The first-order chi connectivity index (χ1) is 16.9. The van der Waals surface area contributed by atoms with Gasteiger partial charge in [0.2, 0.25) is 0 Å². The lowest BCUT2D eigenvalue weighted by molar-refractivity contribution is 0.659. The van der Waals surface area contributed by atoms with Crippen molar-refractivity contribution in [2.75, 3.05) is 5.73 Å². The highest BCUT2D eigenvalue weighted by molar-refractivity contribution is 5.98. The van der Waals surface area contributed by atoms with Crippen LogP contribution in [0.2, 0.25) is 0 Å². The number of H-pyrrole nitrogens is 1. The second-order valence-corrected chi connectivity index (χ2v) is 8.23. The average molecular weight is 471 g/mol. The molecule has 0 atom stereocenters. The predicted molar refractivity (Wildman–Crippen MR) is 134 cm³/mol. The number of hydrogen-bond acceptors (Lipinski definition) is 6. The molecule has 3 N–H and O–H groups in total. The fraction of sp³-hybridized carbons (Fsp3) is 0.160. The van der Waals surface area contributed by atoms with Gasteiger partial charge in [0.1, 0.15) is 23.7 Å². The highest BCUT2D eigenvalue weighted by Crippen LogP contribution is 2.30. The summed E-state index contributed by atoms with van der Waals surface area (Å²) in [7, 11) is 0. The Hall–Kier alpha value is -4.60. The molecule has 0 radical (unpaired) electrons. The van der Waals surface area contributed by atoms with Crippen LogP contribution in [-0.2, 0) is 6.54 Å². The van der Waals surface area contributed by atoms with Crippen LogP contribution in [-0.4, -0.2) is 34.5 Å². The number of halogens is 1. The third-order valence-corrected chi connectivity index (χ3v) is 5.95. The number of nitrogens with two attached hydrogens (primary N) is 1. The van der Waals surface area contributed by atoms with Crippen molar-refractivity contribution in [3.8, 4) is 11.3 Å². The molecule has 4 heterocycles. The van der Waals surface area contributed by atoms with E-state index in [0.717, 1.165) is 16.5 Å². The molecule has 176 valence electrons. The normalized spacial score (nSPS) is 12.7. The van der Waals surface area contributed by atoms with Crippen LogP contribution in [0, 0.1) is 6.92 Å². The smallest absolute Gasteiger partial charge is 0.263 e. The predicted octanol–water partition coefficient (Wildman–Crippen LogP) is 4.20. The van der Waals surface area contributed by atoms with Crippen molar-refractivity contribution in [2.24, 2.45) is 0 Å². The minimum atomic E-state index is -0.433. The fourth-order valence-electron chi connectivity index (χ4n) is 4.32. The van der Waals surface area contributed by atoms with Crippen LogP contribution in [0.15, 0.2) is 65.8 Å². The van der Waals surface area contributed by atoms with Crippen molar-refractivity contribution in [1.82, 2.24) is 34.5 Å². The van der Waals surface area contributed by atoms with Gasteiger partial charge in [0.05, 0.1) is 23.5 Å². The van der Waals surface area contributed by atoms with E-state index in [0.29, 0.717) is 33.5 Å². The molecule has 0 aliphatic carbocycles. The summed E-state index contributed by atoms with van der Waals surface area (Å²) in [6.45, 7) is 5.38. The lowest BCUT2D eigenvalue weighted by Crippen LogP contribution is -2.24. The Bertz CT molecular complexity index is 1690. The molecule has 5 rings (SSSR count). The topological polar surface area (TPSA) is 120 Å². The summed E-state index contributed by atoms with van der Waals surface area (Å²) in [5.74, 6) is -0.146. The highest BCUT2D eigenvalue weighted by atomic mass is 19.1. The summed E-state index contributed by atoms with van der Waals surface area (Å²) in [6, 6.07) is 7.60. The standard InChI is InChI=1S/C25H23FN8O/c1-4-18(26)8-15(3)34-19(9-16-7-5-6-14(2)20(16)25(34)35)12-33-24-21(23(27)28-13-29-24)22(32-33)17-10-30-31-11-17/h4-11,13H,12H2,1-3H3,(H,30,31)(H2,27,28,29)/b15-8+,18-4+. The Balaban J connectivity index is 1.77. The van der Waals surface area contributed by atoms with Gasteiger partial charge in [-0.3, -0.25) is 14.5 Å². The van der Waals surface area contributed by atoms with Crippen LogP contribution in [0.5, 0.6) is 0 Å². The number of nitrogen functional groups attached to an aromatic ring is 1. The van der Waals surface area contributed by atoms with Crippen molar-refractivity contribution in [2.45, 2.75) is 27.3 Å². The second kappa shape index (κ2) is 8.64. The summed E-state index contributed by atoms with van der Waals surface area (Å²) < 4.78 is 17.4. The average Bonchev–Trinajstić information content (AvgIpc) is 3.48. The molecule has 1 aromatic carbocycles. The largest absolute Gasteiger partial charge is 0.383 e. The van der Waals surface area contributed by atoms with E-state index in [2.05, 4.69) is 20.2 Å². The Kier molecular flexibility index (Phi) is 5.48. The monoisotopic (exact) mass is 470 g/mol. The van der Waals surface area contributed by atoms with Gasteiger partial charge >= 0.3 is 0 Å². The summed E-state index contributed by atoms with van der Waals surface area (Å²) in [5.41, 5.74) is 9.69. The molecule has 4 aromatic heterocycles. The van der Waals surface area contributed by atoms with Gasteiger partial charge in [0.25, 0.3) is 5.56 Å². The van der Waals surface area contributed by atoms with Crippen LogP contribution in [0.3, 0.4) is 0 Å². The number of pyridine rings is 1. The first-order valence-corrected chi connectivity index (χ1v) is 11.0. The Morgan fingerprint density at radius 3 is 2.83 bits per heavy atom. The molecule has 35 heavy (non-hydrogen) atoms. The maximum Gasteiger partial charge on any atom is 0.263 e. The number of anilines is 1. The Morgan fingerprint density at radius 1 is 1.26 bits per heavy atom. The van der Waals surface area contributed by atoms with Crippen LogP contribution < -0.4 is 11.3 Å². The van der Waals surface area contributed by atoms with E-state index in [1.54, 1.807) is 30.9 Å². The van der Waals surface area contributed by atoms with E-state index in [-0.39, 0.29) is 17.9 Å². The van der Waals surface area contributed by atoms with Crippen LogP contribution in [0.4, 0.5) is 10.2 Å². The van der Waals surface area contributed by atoms with Gasteiger partial charge in [-0.2, -0.15) is 10.2 Å². The van der Waals surface area contributed by atoms with E-state index in [1.807, 2.05) is 31.2 Å². The molecule has 0 saturated heterocycles. The van der Waals surface area contributed by atoms with Crippen LogP contribution >= 0.6 is 0 Å². The van der Waals surface area contributed by atoms with Crippen molar-refractivity contribution in [3.63, 3.8) is 0 Å². The third kappa shape index (κ3) is 3.78. The van der Waals surface area contributed by atoms with E-state index >= 15 is 0 Å². The van der Waals surface area contributed by atoms with E-state index < -0.39 is 5.83 Å². The summed E-state index contributed by atoms with van der Waals surface area (Å²) in [4.78, 5) is 22.2. The number of nitrogens with one attached hydrogen (secondary N) is 1. The van der Waals surface area contributed by atoms with Crippen LogP contribution in [0.1, 0.15) is 25.1 Å². The number of rotatable bonds is 5. The second-order valence-electron chi connectivity index (χ2n) is 8.23. The Labute approximate surface area is 199 Å². The molecule has 0 unspecified atom stereocenters. The van der Waals surface area contributed by atoms with Gasteiger partial charge < -0.3 is 5.73 Å². The number of fused-ring (bicyclic) bond motifs is 2. The zero-order chi connectivity index (χ0) is 24.7. The number of aromatic nitrogens is 7. The molecule has 0 amide bonds. The van der Waals surface area contributed by atoms with Gasteiger partial charge in [0, 0.05) is 23.2 Å². The molecule has 0 fully saturated rings. The van der Waals surface area contributed by atoms with Gasteiger partial charge in [-0.1, -0.05) is 24.3 Å². The summed E-state index contributed by atoms with van der Waals surface area (Å²) in [5, 5.41) is 13.5. The molecule has 0 aliphatic rings. The van der Waals surface area contributed by atoms with Crippen LogP contribution in [0.25, 0.3) is 38.8 Å². The SMILES string of the molecule is C/C=C(F)\C=C(/C)n1c(Cn2nc(-c3cn[nH]c3)c3c(N)ncnc32)cc2cccc(C)c2c1=O. The number of benzene rings is 1. The quantitative estimate of drug-likeness (QED) is 0.371. The molecule has 0 bridgehead atoms. The molecule has 9 nitrogen and oxygen atoms in total. The van der Waals surface area contributed by atoms with Gasteiger partial charge in [-0.05, 0) is 43.9 Å². The maximum atomic E-state index is 14.2. The fourth-order valence-corrected chi connectivity index (χ4v) is 4.32. The van der Waals surface area contributed by atoms with Crippen molar-refractivity contribution in [3.05, 3.63) is 82.6 Å². The van der Waals surface area contributed by atoms with Crippen molar-refractivity contribution >= 4 is 33.3 Å². The molecular weight excluding hydrogens is 447 g/mol. The molecule has 0 aliphatic heterocycles. The van der Waals surface area contributed by atoms with Gasteiger partial charge in [0.15, 0.2) is 5.65 Å².